The summed E-state index contributed by atoms with van der Waals surface area (Å²) in [6, 6.07) is 4.34. The van der Waals surface area contributed by atoms with E-state index >= 15 is 0 Å². The number of sulfonamides is 1. The van der Waals surface area contributed by atoms with Crippen LogP contribution in [0.25, 0.3) is 11.0 Å². The molecule has 3 heterocycles. The highest BCUT2D eigenvalue weighted by Gasteiger charge is 2.30. The molecule has 3 aromatic rings. The molecule has 1 aromatic carbocycles. The molecule has 0 amide bonds. The minimum absolute atomic E-state index is 0.137. The fourth-order valence-corrected chi connectivity index (χ4v) is 4.73. The van der Waals surface area contributed by atoms with Gasteiger partial charge in [-0.15, -0.1) is 0 Å². The van der Waals surface area contributed by atoms with Crippen molar-refractivity contribution in [2.24, 2.45) is 0 Å². The summed E-state index contributed by atoms with van der Waals surface area (Å²) in [6.45, 7) is 0.659. The first-order valence-electron chi connectivity index (χ1n) is 7.22. The fourth-order valence-electron chi connectivity index (χ4n) is 2.92. The molecule has 1 aliphatic heterocycles. The van der Waals surface area contributed by atoms with Crippen LogP contribution in [0.4, 0.5) is 0 Å². The highest BCUT2D eigenvalue weighted by Crippen LogP contribution is 2.30. The average Bonchev–Trinajstić information content (AvgIpc) is 3.05. The van der Waals surface area contributed by atoms with Gasteiger partial charge in [-0.05, 0) is 35.7 Å². The van der Waals surface area contributed by atoms with E-state index in [1.165, 1.54) is 22.5 Å². The molecule has 0 fully saturated rings. The molecular weight excluding hydrogens is 371 g/mol. The van der Waals surface area contributed by atoms with Gasteiger partial charge in [0, 0.05) is 24.7 Å². The number of halogens is 2. The third-order valence-corrected chi connectivity index (χ3v) is 6.75. The molecule has 4 rings (SSSR count). The first kappa shape index (κ1) is 15.8. The topological polar surface area (TPSA) is 79.0 Å². The second-order valence-electron chi connectivity index (χ2n) is 5.56. The van der Waals surface area contributed by atoms with E-state index in [2.05, 4.69) is 15.2 Å². The summed E-state index contributed by atoms with van der Waals surface area (Å²) < 4.78 is 27.2. The molecule has 0 bridgehead atoms. The molecule has 2 aromatic heterocycles. The molecule has 0 radical (unpaired) electrons. The molecule has 0 spiro atoms. The van der Waals surface area contributed by atoms with E-state index < -0.39 is 10.0 Å². The van der Waals surface area contributed by atoms with Crippen molar-refractivity contribution in [2.45, 2.75) is 17.9 Å². The maximum absolute atomic E-state index is 12.9. The van der Waals surface area contributed by atoms with E-state index in [1.54, 1.807) is 12.4 Å². The summed E-state index contributed by atoms with van der Waals surface area (Å²) in [4.78, 5) is 4.43. The third-order valence-electron chi connectivity index (χ3n) is 4.17. The van der Waals surface area contributed by atoms with Crippen molar-refractivity contribution in [3.8, 4) is 0 Å². The predicted molar refractivity (Wildman–Crippen MR) is 91.7 cm³/mol. The van der Waals surface area contributed by atoms with Crippen molar-refractivity contribution in [1.82, 2.24) is 19.5 Å². The van der Waals surface area contributed by atoms with Gasteiger partial charge >= 0.3 is 0 Å². The molecule has 0 aliphatic carbocycles. The van der Waals surface area contributed by atoms with Gasteiger partial charge in [-0.3, -0.25) is 5.10 Å². The minimum atomic E-state index is -3.64. The number of aromatic amines is 1. The van der Waals surface area contributed by atoms with Crippen LogP contribution in [0.5, 0.6) is 0 Å². The van der Waals surface area contributed by atoms with Gasteiger partial charge in [0.25, 0.3) is 0 Å². The van der Waals surface area contributed by atoms with Gasteiger partial charge in [-0.1, -0.05) is 23.2 Å². The van der Waals surface area contributed by atoms with Gasteiger partial charge in [-0.25, -0.2) is 13.4 Å². The summed E-state index contributed by atoms with van der Waals surface area (Å²) in [7, 11) is -3.64. The monoisotopic (exact) mass is 382 g/mol. The summed E-state index contributed by atoms with van der Waals surface area (Å²) in [5.41, 5.74) is 2.70. The predicted octanol–water partition coefficient (Wildman–Crippen LogP) is 3.01. The lowest BCUT2D eigenvalue weighted by Gasteiger charge is -2.28. The van der Waals surface area contributed by atoms with E-state index in [0.717, 1.165) is 22.2 Å². The van der Waals surface area contributed by atoms with Crippen molar-refractivity contribution >= 4 is 44.3 Å². The Morgan fingerprint density at radius 2 is 2.00 bits per heavy atom. The number of fused-ring (bicyclic) bond motifs is 3. The number of nitrogens with zero attached hydrogens (tertiary/aromatic N) is 3. The number of hydrogen-bond donors (Lipinski definition) is 1. The normalized spacial score (nSPS) is 15.6. The molecule has 1 N–H and O–H groups in total. The van der Waals surface area contributed by atoms with Crippen molar-refractivity contribution in [3.63, 3.8) is 0 Å². The number of H-pyrrole nitrogens is 1. The number of hydrogen-bond acceptors (Lipinski definition) is 4. The molecule has 0 saturated carbocycles. The molecule has 124 valence electrons. The Labute approximate surface area is 148 Å². The molecule has 9 heteroatoms. The van der Waals surface area contributed by atoms with E-state index in [1.807, 2.05) is 0 Å². The van der Waals surface area contributed by atoms with Crippen LogP contribution in [-0.4, -0.2) is 34.4 Å². The lowest BCUT2D eigenvalue weighted by Crippen LogP contribution is -2.36. The third kappa shape index (κ3) is 2.48. The number of benzene rings is 1. The first-order chi connectivity index (χ1) is 11.5. The highest BCUT2D eigenvalue weighted by molar-refractivity contribution is 7.89. The average molecular weight is 383 g/mol. The largest absolute Gasteiger partial charge is 0.261 e. The molecule has 0 unspecified atom stereocenters. The number of rotatable bonds is 2. The van der Waals surface area contributed by atoms with Crippen LogP contribution in [0.15, 0.2) is 35.5 Å². The number of aromatic nitrogens is 3. The standard InChI is InChI=1S/C15H12Cl2N4O2S/c16-13-2-1-10(5-14(13)17)24(22,23)21-4-3-11-9(8-21)6-18-15-12(11)7-19-20-15/h1-2,5-7H,3-4,8H2,(H,18,19,20). The fraction of sp³-hybridized carbons (Fsp3) is 0.200. The quantitative estimate of drug-likeness (QED) is 0.738. The van der Waals surface area contributed by atoms with Crippen molar-refractivity contribution < 1.29 is 8.42 Å². The summed E-state index contributed by atoms with van der Waals surface area (Å²) in [6.07, 6.45) is 4.03. The van der Waals surface area contributed by atoms with Gasteiger partial charge in [0.15, 0.2) is 5.65 Å². The zero-order chi connectivity index (χ0) is 16.9. The smallest absolute Gasteiger partial charge is 0.243 e. The van der Waals surface area contributed by atoms with Gasteiger partial charge in [0.2, 0.25) is 10.0 Å². The maximum atomic E-state index is 12.9. The summed E-state index contributed by atoms with van der Waals surface area (Å²) >= 11 is 11.8. The molecule has 6 nitrogen and oxygen atoms in total. The van der Waals surface area contributed by atoms with Gasteiger partial charge in [0.05, 0.1) is 21.1 Å². The van der Waals surface area contributed by atoms with E-state index in [0.29, 0.717) is 18.0 Å². The lowest BCUT2D eigenvalue weighted by molar-refractivity contribution is 0.392. The van der Waals surface area contributed by atoms with Crippen LogP contribution in [0.3, 0.4) is 0 Å². The van der Waals surface area contributed by atoms with Crippen molar-refractivity contribution in [3.05, 3.63) is 51.8 Å². The van der Waals surface area contributed by atoms with E-state index in [-0.39, 0.29) is 16.5 Å². The molecule has 1 aliphatic rings. The number of nitrogens with one attached hydrogen (secondary N) is 1. The Kier molecular flexibility index (Phi) is 3.76. The Hall–Kier alpha value is -1.67. The Balaban J connectivity index is 1.71. The van der Waals surface area contributed by atoms with Crippen LogP contribution < -0.4 is 0 Å². The van der Waals surface area contributed by atoms with Crippen LogP contribution >= 0.6 is 23.2 Å². The number of pyridine rings is 1. The van der Waals surface area contributed by atoms with E-state index in [4.69, 9.17) is 23.2 Å². The highest BCUT2D eigenvalue weighted by atomic mass is 35.5. The second kappa shape index (κ2) is 5.70. The van der Waals surface area contributed by atoms with Crippen LogP contribution in [0.2, 0.25) is 10.0 Å². The minimum Gasteiger partial charge on any atom is -0.261 e. The molecular formula is C15H12Cl2N4O2S. The van der Waals surface area contributed by atoms with E-state index in [9.17, 15) is 8.42 Å². The molecule has 0 saturated heterocycles. The Morgan fingerprint density at radius 3 is 2.79 bits per heavy atom. The zero-order valence-corrected chi connectivity index (χ0v) is 14.7. The maximum Gasteiger partial charge on any atom is 0.243 e. The zero-order valence-electron chi connectivity index (χ0n) is 12.3. The first-order valence-corrected chi connectivity index (χ1v) is 9.41. The van der Waals surface area contributed by atoms with Crippen LogP contribution in [0.1, 0.15) is 11.1 Å². The summed E-state index contributed by atoms with van der Waals surface area (Å²) in [5.74, 6) is 0. The van der Waals surface area contributed by atoms with Gasteiger partial charge in [0.1, 0.15) is 0 Å². The lowest BCUT2D eigenvalue weighted by atomic mass is 10.0. The van der Waals surface area contributed by atoms with Crippen molar-refractivity contribution in [1.29, 1.82) is 0 Å². The molecule has 0 atom stereocenters. The van der Waals surface area contributed by atoms with Crippen LogP contribution in [0, 0.1) is 0 Å². The van der Waals surface area contributed by atoms with Crippen molar-refractivity contribution in [2.75, 3.05) is 6.54 Å². The van der Waals surface area contributed by atoms with Crippen LogP contribution in [-0.2, 0) is 23.0 Å². The van der Waals surface area contributed by atoms with Gasteiger partial charge in [-0.2, -0.15) is 9.40 Å². The Bertz CT molecular complexity index is 1050. The second-order valence-corrected chi connectivity index (χ2v) is 8.31. The summed E-state index contributed by atoms with van der Waals surface area (Å²) in [5, 5.41) is 8.31. The Morgan fingerprint density at radius 1 is 1.17 bits per heavy atom. The van der Waals surface area contributed by atoms with Gasteiger partial charge < -0.3 is 0 Å². The molecule has 24 heavy (non-hydrogen) atoms. The SMILES string of the molecule is O=S(=O)(c1ccc(Cl)c(Cl)c1)N1CCc2c(cnc3[nH]ncc23)C1.